The van der Waals surface area contributed by atoms with Gasteiger partial charge in [-0.1, -0.05) is 12.8 Å². The molecule has 0 aromatic heterocycles. The van der Waals surface area contributed by atoms with E-state index in [1.54, 1.807) is 7.11 Å². The minimum absolute atomic E-state index is 0.0687. The number of hydrogen-bond acceptors (Lipinski definition) is 4. The number of carbonyl (C=O) groups excluding carboxylic acids is 1. The summed E-state index contributed by atoms with van der Waals surface area (Å²) < 4.78 is 4.91. The fraction of sp³-hybridized carbons (Fsp3) is 0.923. The molecule has 18 heavy (non-hydrogen) atoms. The highest BCUT2D eigenvalue weighted by Crippen LogP contribution is 2.32. The summed E-state index contributed by atoms with van der Waals surface area (Å²) in [7, 11) is 5.87. The monoisotopic (exact) mass is 257 g/mol. The molecular formula is C13H27N3O2. The number of amides is 1. The molecule has 0 radical (unpaired) electrons. The van der Waals surface area contributed by atoms with Gasteiger partial charge in [0.2, 0.25) is 5.91 Å². The zero-order valence-corrected chi connectivity index (χ0v) is 11.9. The molecule has 0 bridgehead atoms. The van der Waals surface area contributed by atoms with E-state index >= 15 is 0 Å². The van der Waals surface area contributed by atoms with Crippen molar-refractivity contribution in [3.63, 3.8) is 0 Å². The number of ether oxygens (including phenoxy) is 1. The van der Waals surface area contributed by atoms with Gasteiger partial charge in [-0.2, -0.15) is 0 Å². The van der Waals surface area contributed by atoms with Crippen molar-refractivity contribution >= 4 is 5.91 Å². The summed E-state index contributed by atoms with van der Waals surface area (Å²) in [6.45, 7) is 2.47. The van der Waals surface area contributed by atoms with Crippen molar-refractivity contribution in [1.82, 2.24) is 15.5 Å². The predicted molar refractivity (Wildman–Crippen MR) is 72.6 cm³/mol. The largest absolute Gasteiger partial charge is 0.383 e. The van der Waals surface area contributed by atoms with Crippen LogP contribution in [0.25, 0.3) is 0 Å². The summed E-state index contributed by atoms with van der Waals surface area (Å²) in [5.74, 6) is 0.0687. The van der Waals surface area contributed by atoms with Crippen molar-refractivity contribution in [2.75, 3.05) is 47.4 Å². The minimum atomic E-state index is 0.0687. The molecule has 106 valence electrons. The van der Waals surface area contributed by atoms with Crippen LogP contribution in [0.5, 0.6) is 0 Å². The quantitative estimate of drug-likeness (QED) is 0.611. The van der Waals surface area contributed by atoms with Gasteiger partial charge >= 0.3 is 0 Å². The first-order valence-electron chi connectivity index (χ1n) is 6.74. The fourth-order valence-corrected chi connectivity index (χ4v) is 2.52. The molecule has 0 aromatic rings. The third kappa shape index (κ3) is 4.55. The smallest absolute Gasteiger partial charge is 0.234 e. The average Bonchev–Trinajstić information content (AvgIpc) is 2.82. The van der Waals surface area contributed by atoms with Gasteiger partial charge in [0.15, 0.2) is 0 Å². The molecule has 1 saturated carbocycles. The molecule has 5 nitrogen and oxygen atoms in total. The number of carbonyl (C=O) groups is 1. The molecule has 5 heteroatoms. The fourth-order valence-electron chi connectivity index (χ4n) is 2.52. The zero-order valence-electron chi connectivity index (χ0n) is 11.9. The molecule has 0 heterocycles. The van der Waals surface area contributed by atoms with Crippen molar-refractivity contribution in [2.45, 2.75) is 31.2 Å². The maximum absolute atomic E-state index is 11.7. The molecule has 0 spiro atoms. The van der Waals surface area contributed by atoms with Gasteiger partial charge in [-0.15, -0.1) is 0 Å². The van der Waals surface area contributed by atoms with Gasteiger partial charge < -0.3 is 20.3 Å². The lowest BCUT2D eigenvalue weighted by Gasteiger charge is -2.36. The first-order chi connectivity index (χ1) is 8.60. The van der Waals surface area contributed by atoms with Crippen LogP contribution in [0.3, 0.4) is 0 Å². The Balaban J connectivity index is 2.23. The Bertz CT molecular complexity index is 251. The van der Waals surface area contributed by atoms with Crippen molar-refractivity contribution in [3.05, 3.63) is 0 Å². The maximum Gasteiger partial charge on any atom is 0.234 e. The zero-order chi connectivity index (χ0) is 13.4. The van der Waals surface area contributed by atoms with Gasteiger partial charge in [0.1, 0.15) is 0 Å². The molecule has 0 aliphatic heterocycles. The van der Waals surface area contributed by atoms with Crippen LogP contribution in [0.15, 0.2) is 0 Å². The number of rotatable bonds is 8. The van der Waals surface area contributed by atoms with Crippen molar-refractivity contribution in [1.29, 1.82) is 0 Å². The second-order valence-electron chi connectivity index (χ2n) is 5.27. The third-order valence-corrected chi connectivity index (χ3v) is 3.87. The topological polar surface area (TPSA) is 53.6 Å². The third-order valence-electron chi connectivity index (χ3n) is 3.87. The van der Waals surface area contributed by atoms with Crippen LogP contribution < -0.4 is 10.6 Å². The van der Waals surface area contributed by atoms with Gasteiger partial charge in [0.25, 0.3) is 0 Å². The Labute approximate surface area is 110 Å². The number of nitrogens with one attached hydrogen (secondary N) is 2. The highest BCUT2D eigenvalue weighted by Gasteiger charge is 2.35. The lowest BCUT2D eigenvalue weighted by atomic mass is 9.96. The van der Waals surface area contributed by atoms with Crippen LogP contribution in [-0.2, 0) is 9.53 Å². The molecule has 2 N–H and O–H groups in total. The van der Waals surface area contributed by atoms with Crippen molar-refractivity contribution < 1.29 is 9.53 Å². The molecule has 1 aliphatic carbocycles. The Morgan fingerprint density at radius 1 is 1.33 bits per heavy atom. The standard InChI is InChI=1S/C13H27N3O2/c1-16(2)13(6-4-5-7-13)11-15-12(17)10-14-8-9-18-3/h14H,4-11H2,1-3H3,(H,15,17). The van der Waals surface area contributed by atoms with E-state index in [4.69, 9.17) is 4.74 Å². The van der Waals surface area contributed by atoms with Crippen LogP contribution in [-0.4, -0.2) is 63.8 Å². The van der Waals surface area contributed by atoms with E-state index in [1.165, 1.54) is 25.7 Å². The van der Waals surface area contributed by atoms with Gasteiger partial charge in [-0.05, 0) is 26.9 Å². The second kappa shape index (κ2) is 7.71. The average molecular weight is 257 g/mol. The lowest BCUT2D eigenvalue weighted by Crippen LogP contribution is -2.52. The molecular weight excluding hydrogens is 230 g/mol. The summed E-state index contributed by atoms with van der Waals surface area (Å²) in [6.07, 6.45) is 4.88. The minimum Gasteiger partial charge on any atom is -0.383 e. The number of methoxy groups -OCH3 is 1. The Morgan fingerprint density at radius 3 is 2.56 bits per heavy atom. The maximum atomic E-state index is 11.7. The van der Waals surface area contributed by atoms with E-state index < -0.39 is 0 Å². The van der Waals surface area contributed by atoms with Crippen LogP contribution in [0.2, 0.25) is 0 Å². The van der Waals surface area contributed by atoms with E-state index in [9.17, 15) is 4.79 Å². The summed E-state index contributed by atoms with van der Waals surface area (Å²) in [5.41, 5.74) is 0.169. The summed E-state index contributed by atoms with van der Waals surface area (Å²) >= 11 is 0. The molecule has 1 rings (SSSR count). The first-order valence-corrected chi connectivity index (χ1v) is 6.74. The summed E-state index contributed by atoms with van der Waals surface area (Å²) in [6, 6.07) is 0. The van der Waals surface area contributed by atoms with Crippen molar-refractivity contribution in [3.8, 4) is 0 Å². The van der Waals surface area contributed by atoms with Crippen LogP contribution in [0.4, 0.5) is 0 Å². The first kappa shape index (κ1) is 15.4. The number of likely N-dealkylation sites (N-methyl/N-ethyl adjacent to an activating group) is 1. The highest BCUT2D eigenvalue weighted by atomic mass is 16.5. The van der Waals surface area contributed by atoms with Crippen LogP contribution in [0.1, 0.15) is 25.7 Å². The molecule has 0 saturated heterocycles. The molecule has 0 unspecified atom stereocenters. The van der Waals surface area contributed by atoms with Crippen LogP contribution in [0, 0.1) is 0 Å². The van der Waals surface area contributed by atoms with Gasteiger partial charge in [0, 0.05) is 25.7 Å². The van der Waals surface area contributed by atoms with Crippen LogP contribution >= 0.6 is 0 Å². The van der Waals surface area contributed by atoms with E-state index in [-0.39, 0.29) is 11.4 Å². The molecule has 1 amide bonds. The SMILES string of the molecule is COCCNCC(=O)NCC1(N(C)C)CCCC1. The van der Waals surface area contributed by atoms with Gasteiger partial charge in [0.05, 0.1) is 13.2 Å². The van der Waals surface area contributed by atoms with E-state index in [0.29, 0.717) is 19.7 Å². The van der Waals surface area contributed by atoms with Gasteiger partial charge in [-0.25, -0.2) is 0 Å². The normalized spacial score (nSPS) is 18.2. The van der Waals surface area contributed by atoms with Crippen molar-refractivity contribution in [2.24, 2.45) is 0 Å². The molecule has 0 atom stereocenters. The molecule has 1 aliphatic rings. The Kier molecular flexibility index (Phi) is 6.60. The van der Waals surface area contributed by atoms with E-state index in [1.807, 2.05) is 0 Å². The summed E-state index contributed by atoms with van der Waals surface area (Å²) in [5, 5.41) is 6.09. The Morgan fingerprint density at radius 2 is 2.00 bits per heavy atom. The second-order valence-corrected chi connectivity index (χ2v) is 5.27. The summed E-state index contributed by atoms with van der Waals surface area (Å²) in [4.78, 5) is 14.0. The number of hydrogen-bond donors (Lipinski definition) is 2. The Hall–Kier alpha value is -0.650. The highest BCUT2D eigenvalue weighted by molar-refractivity contribution is 5.78. The van der Waals surface area contributed by atoms with Gasteiger partial charge in [-0.3, -0.25) is 4.79 Å². The lowest BCUT2D eigenvalue weighted by molar-refractivity contribution is -0.120. The number of nitrogens with zero attached hydrogens (tertiary/aromatic N) is 1. The molecule has 0 aromatic carbocycles. The van der Waals surface area contributed by atoms with E-state index in [2.05, 4.69) is 29.6 Å². The molecule has 1 fully saturated rings. The predicted octanol–water partition coefficient (Wildman–Crippen LogP) is 0.213. The van der Waals surface area contributed by atoms with E-state index in [0.717, 1.165) is 6.54 Å².